The summed E-state index contributed by atoms with van der Waals surface area (Å²) in [5.74, 6) is 0.0698. The molecule has 4 N–H and O–H groups in total. The maximum atomic E-state index is 10.7. The summed E-state index contributed by atoms with van der Waals surface area (Å²) in [6, 6.07) is 6.76. The standard InChI is InChI=1S/C13H18Cl2N2O2.C5H4N4S/c14-5-7-17(8-6-15)11-3-1-10(2-4-11)9-12(16)13(18)19;10-5-6-1-3-4(9-5)8-2-7-3/h1-4,12H,5-9,16H2,(H,18,19);1-2H,(H2,6,7,8,9,10)/t12-;/m0./s1. The molecule has 0 saturated carbocycles. The average molecular weight is 457 g/mol. The fraction of sp³-hybridized carbons (Fsp3) is 0.333. The number of rotatable bonds is 8. The number of aromatic nitrogens is 4. The Hall–Kier alpha value is -2.07. The van der Waals surface area contributed by atoms with E-state index in [-0.39, 0.29) is 0 Å². The number of nitrogens with two attached hydrogens (primary N) is 1. The SMILES string of the molecule is N[C@@H](Cc1ccc(N(CCCl)CCCl)cc1)C(=O)O.Sc1ncc2nc[nH]c2n1. The minimum absolute atomic E-state index is 0.320. The molecule has 29 heavy (non-hydrogen) atoms. The summed E-state index contributed by atoms with van der Waals surface area (Å²) in [6.07, 6.45) is 3.52. The Balaban J connectivity index is 0.000000248. The smallest absolute Gasteiger partial charge is 0.320 e. The first-order valence-electron chi connectivity index (χ1n) is 8.74. The monoisotopic (exact) mass is 456 g/mol. The second-order valence-corrected chi connectivity index (χ2v) is 7.14. The van der Waals surface area contributed by atoms with E-state index in [4.69, 9.17) is 34.0 Å². The van der Waals surface area contributed by atoms with E-state index in [0.29, 0.717) is 23.3 Å². The van der Waals surface area contributed by atoms with Crippen LogP contribution in [0.15, 0.2) is 41.9 Å². The number of hydrogen-bond donors (Lipinski definition) is 4. The number of thiol groups is 1. The van der Waals surface area contributed by atoms with Crippen molar-refractivity contribution in [2.24, 2.45) is 5.73 Å². The lowest BCUT2D eigenvalue weighted by molar-refractivity contribution is -0.138. The maximum absolute atomic E-state index is 10.7. The van der Waals surface area contributed by atoms with Gasteiger partial charge in [0.2, 0.25) is 0 Å². The quantitative estimate of drug-likeness (QED) is 0.233. The fourth-order valence-electron chi connectivity index (χ4n) is 2.49. The molecular formula is C18H22Cl2N6O2S. The summed E-state index contributed by atoms with van der Waals surface area (Å²) in [6.45, 7) is 1.45. The van der Waals surface area contributed by atoms with Gasteiger partial charge >= 0.3 is 5.97 Å². The van der Waals surface area contributed by atoms with Gasteiger partial charge in [-0.25, -0.2) is 15.0 Å². The van der Waals surface area contributed by atoms with Crippen LogP contribution >= 0.6 is 35.8 Å². The van der Waals surface area contributed by atoms with Crippen LogP contribution in [0, 0.1) is 0 Å². The van der Waals surface area contributed by atoms with Crippen LogP contribution in [-0.4, -0.2) is 61.9 Å². The molecule has 3 rings (SSSR count). The number of carbonyl (C=O) groups is 1. The van der Waals surface area contributed by atoms with Crippen LogP contribution in [0.3, 0.4) is 0 Å². The van der Waals surface area contributed by atoms with Gasteiger partial charge in [-0.05, 0) is 24.1 Å². The largest absolute Gasteiger partial charge is 0.480 e. The molecule has 0 spiro atoms. The van der Waals surface area contributed by atoms with Crippen molar-refractivity contribution >= 4 is 58.7 Å². The van der Waals surface area contributed by atoms with Crippen LogP contribution in [0.25, 0.3) is 11.2 Å². The molecule has 0 amide bonds. The van der Waals surface area contributed by atoms with Crippen molar-refractivity contribution in [1.82, 2.24) is 19.9 Å². The zero-order valence-corrected chi connectivity index (χ0v) is 17.9. The molecule has 0 saturated heterocycles. The number of nitrogens with zero attached hydrogens (tertiary/aromatic N) is 4. The van der Waals surface area contributed by atoms with Crippen LogP contribution in [0.2, 0.25) is 0 Å². The second kappa shape index (κ2) is 11.8. The third-order valence-electron chi connectivity index (χ3n) is 3.94. The van der Waals surface area contributed by atoms with Crippen molar-refractivity contribution in [3.8, 4) is 0 Å². The first-order valence-corrected chi connectivity index (χ1v) is 10.3. The zero-order chi connectivity index (χ0) is 21.2. The number of benzene rings is 1. The zero-order valence-electron chi connectivity index (χ0n) is 15.5. The van der Waals surface area contributed by atoms with Crippen LogP contribution in [0.5, 0.6) is 0 Å². The van der Waals surface area contributed by atoms with Crippen LogP contribution < -0.4 is 10.6 Å². The average Bonchev–Trinajstić information content (AvgIpc) is 3.16. The molecule has 2 heterocycles. The fourth-order valence-corrected chi connectivity index (χ4v) is 3.05. The van der Waals surface area contributed by atoms with E-state index in [1.165, 1.54) is 0 Å². The lowest BCUT2D eigenvalue weighted by Crippen LogP contribution is -2.32. The van der Waals surface area contributed by atoms with Gasteiger partial charge in [-0.3, -0.25) is 4.79 Å². The van der Waals surface area contributed by atoms with Gasteiger partial charge in [0.1, 0.15) is 11.6 Å². The van der Waals surface area contributed by atoms with Crippen molar-refractivity contribution in [1.29, 1.82) is 0 Å². The molecule has 0 radical (unpaired) electrons. The predicted molar refractivity (Wildman–Crippen MR) is 118 cm³/mol. The molecule has 0 fully saturated rings. The van der Waals surface area contributed by atoms with Gasteiger partial charge in [-0.15, -0.1) is 35.8 Å². The number of hydrogen-bond acceptors (Lipinski definition) is 7. The number of alkyl halides is 2. The highest BCUT2D eigenvalue weighted by Gasteiger charge is 2.12. The molecule has 1 atom stereocenters. The first-order chi connectivity index (χ1) is 13.9. The van der Waals surface area contributed by atoms with Crippen LogP contribution in [0.1, 0.15) is 5.56 Å². The molecule has 0 aliphatic carbocycles. The highest BCUT2D eigenvalue weighted by molar-refractivity contribution is 7.80. The van der Waals surface area contributed by atoms with Gasteiger partial charge in [-0.1, -0.05) is 12.1 Å². The van der Waals surface area contributed by atoms with Crippen molar-refractivity contribution in [3.63, 3.8) is 0 Å². The molecule has 11 heteroatoms. The molecule has 0 aliphatic rings. The molecule has 0 unspecified atom stereocenters. The van der Waals surface area contributed by atoms with Gasteiger partial charge < -0.3 is 20.7 Å². The summed E-state index contributed by atoms with van der Waals surface area (Å²) < 4.78 is 0. The number of H-pyrrole nitrogens is 1. The normalized spacial score (nSPS) is 11.6. The number of anilines is 1. The van der Waals surface area contributed by atoms with Crippen LogP contribution in [-0.2, 0) is 11.2 Å². The lowest BCUT2D eigenvalue weighted by Gasteiger charge is -2.23. The Morgan fingerprint density at radius 1 is 1.21 bits per heavy atom. The number of nitrogens with one attached hydrogen (secondary N) is 1. The predicted octanol–water partition coefficient (Wildman–Crippen LogP) is 2.57. The third-order valence-corrected chi connectivity index (χ3v) is 4.50. The number of carboxylic acids is 1. The van der Waals surface area contributed by atoms with Gasteiger partial charge in [0.15, 0.2) is 10.8 Å². The Bertz CT molecular complexity index is 903. The van der Waals surface area contributed by atoms with Crippen molar-refractivity contribution in [2.75, 3.05) is 29.7 Å². The number of fused-ring (bicyclic) bond motifs is 1. The van der Waals surface area contributed by atoms with Gasteiger partial charge in [0, 0.05) is 30.5 Å². The van der Waals surface area contributed by atoms with E-state index >= 15 is 0 Å². The lowest BCUT2D eigenvalue weighted by atomic mass is 10.1. The summed E-state index contributed by atoms with van der Waals surface area (Å²) in [4.78, 5) is 27.4. The van der Waals surface area contributed by atoms with E-state index in [0.717, 1.165) is 35.5 Å². The first kappa shape index (κ1) is 23.2. The topological polar surface area (TPSA) is 121 Å². The highest BCUT2D eigenvalue weighted by Crippen LogP contribution is 2.16. The molecule has 3 aromatic rings. The maximum Gasteiger partial charge on any atom is 0.320 e. The van der Waals surface area contributed by atoms with E-state index < -0.39 is 12.0 Å². The van der Waals surface area contributed by atoms with E-state index in [2.05, 4.69) is 37.5 Å². The van der Waals surface area contributed by atoms with E-state index in [1.54, 1.807) is 12.5 Å². The number of imidazole rings is 1. The van der Waals surface area contributed by atoms with Crippen molar-refractivity contribution < 1.29 is 9.90 Å². The Labute approximate surface area is 183 Å². The molecule has 2 aromatic heterocycles. The summed E-state index contributed by atoms with van der Waals surface area (Å²) in [5, 5.41) is 9.22. The number of halogens is 2. The highest BCUT2D eigenvalue weighted by atomic mass is 35.5. The molecule has 0 aliphatic heterocycles. The summed E-state index contributed by atoms with van der Waals surface area (Å²) in [7, 11) is 0. The number of carboxylic acid groups (broad SMARTS) is 1. The summed E-state index contributed by atoms with van der Waals surface area (Å²) in [5.41, 5.74) is 8.90. The molecule has 1 aromatic carbocycles. The Morgan fingerprint density at radius 3 is 2.45 bits per heavy atom. The van der Waals surface area contributed by atoms with Gasteiger partial charge in [0.05, 0.1) is 12.5 Å². The molecule has 156 valence electrons. The molecular weight excluding hydrogens is 435 g/mol. The van der Waals surface area contributed by atoms with Gasteiger partial charge in [-0.2, -0.15) is 0 Å². The van der Waals surface area contributed by atoms with Crippen LogP contribution in [0.4, 0.5) is 5.69 Å². The number of aromatic amines is 1. The molecule has 8 nitrogen and oxygen atoms in total. The van der Waals surface area contributed by atoms with Crippen molar-refractivity contribution in [2.45, 2.75) is 17.6 Å². The Kier molecular flexibility index (Phi) is 9.46. The Morgan fingerprint density at radius 2 is 1.86 bits per heavy atom. The van der Waals surface area contributed by atoms with Gasteiger partial charge in [0.25, 0.3) is 0 Å². The third kappa shape index (κ3) is 7.36. The van der Waals surface area contributed by atoms with E-state index in [9.17, 15) is 4.79 Å². The molecule has 0 bridgehead atoms. The number of aliphatic carboxylic acids is 1. The summed E-state index contributed by atoms with van der Waals surface area (Å²) >= 11 is 15.5. The minimum Gasteiger partial charge on any atom is -0.480 e. The van der Waals surface area contributed by atoms with E-state index in [1.807, 2.05) is 24.3 Å². The minimum atomic E-state index is -0.991. The second-order valence-electron chi connectivity index (χ2n) is 5.99. The van der Waals surface area contributed by atoms with Crippen molar-refractivity contribution in [3.05, 3.63) is 42.4 Å².